The van der Waals surface area contributed by atoms with Crippen LogP contribution >= 0.6 is 0 Å². The molecule has 2 heterocycles. The Bertz CT molecular complexity index is 660. The third-order valence-electron chi connectivity index (χ3n) is 5.03. The van der Waals surface area contributed by atoms with E-state index in [1.165, 1.54) is 12.6 Å². The summed E-state index contributed by atoms with van der Waals surface area (Å²) in [6.45, 7) is 6.55. The summed E-state index contributed by atoms with van der Waals surface area (Å²) in [6, 6.07) is 3.34. The number of nitrogens with zero attached hydrogens (tertiary/aromatic N) is 3. The average Bonchev–Trinajstić information content (AvgIpc) is 2.61. The van der Waals surface area contributed by atoms with E-state index < -0.39 is 18.4 Å². The first-order valence-corrected chi connectivity index (χ1v) is 9.83. The topological polar surface area (TPSA) is 53.5 Å². The van der Waals surface area contributed by atoms with Crippen LogP contribution in [0.3, 0.4) is 0 Å². The van der Waals surface area contributed by atoms with Gasteiger partial charge in [-0.05, 0) is 63.4 Å². The number of carbonyl (C=O) groups is 2. The number of pyridine rings is 1. The van der Waals surface area contributed by atoms with Crippen molar-refractivity contribution in [2.24, 2.45) is 0 Å². The van der Waals surface area contributed by atoms with Gasteiger partial charge >= 0.3 is 6.18 Å². The second-order valence-electron chi connectivity index (χ2n) is 7.10. The number of Topliss-reactive ketones (excluding diaryl/α,β-unsaturated/α-hetero) is 1. The monoisotopic (exact) mass is 399 g/mol. The molecule has 0 aromatic carbocycles. The number of aromatic nitrogens is 1. The van der Waals surface area contributed by atoms with E-state index in [4.69, 9.17) is 0 Å². The lowest BCUT2D eigenvalue weighted by Crippen LogP contribution is -2.44. The number of hydrogen-bond acceptors (Lipinski definition) is 4. The minimum absolute atomic E-state index is 0.0346. The molecule has 0 atom stereocenters. The molecule has 1 aliphatic rings. The Labute approximate surface area is 163 Å². The minimum atomic E-state index is -4.78. The highest BCUT2D eigenvalue weighted by Crippen LogP contribution is 2.19. The van der Waals surface area contributed by atoms with Crippen LogP contribution < -0.4 is 0 Å². The van der Waals surface area contributed by atoms with Gasteiger partial charge in [-0.15, -0.1) is 0 Å². The molecule has 5 nitrogen and oxygen atoms in total. The molecule has 1 fully saturated rings. The molecule has 0 bridgehead atoms. The maximum atomic E-state index is 12.4. The first kappa shape index (κ1) is 22.3. The Hall–Kier alpha value is -1.96. The first-order valence-electron chi connectivity index (χ1n) is 9.83. The van der Waals surface area contributed by atoms with Gasteiger partial charge in [0.2, 0.25) is 11.7 Å². The fraction of sp³-hybridized carbons (Fsp3) is 0.650. The van der Waals surface area contributed by atoms with Crippen molar-refractivity contribution in [1.29, 1.82) is 0 Å². The SMILES string of the molecule is CCN(CCN1CCC1)C(=O)CCCc1cc(CCC(=O)C(F)(F)F)ccn1. The predicted molar refractivity (Wildman–Crippen MR) is 99.9 cm³/mol. The molecule has 156 valence electrons. The number of carbonyl (C=O) groups excluding carboxylic acids is 2. The van der Waals surface area contributed by atoms with Gasteiger partial charge in [-0.1, -0.05) is 0 Å². The summed E-state index contributed by atoms with van der Waals surface area (Å²) in [6.07, 6.45) is -0.899. The van der Waals surface area contributed by atoms with Crippen LogP contribution in [-0.4, -0.2) is 65.4 Å². The van der Waals surface area contributed by atoms with E-state index in [9.17, 15) is 22.8 Å². The number of halogens is 3. The van der Waals surface area contributed by atoms with E-state index in [0.717, 1.165) is 31.9 Å². The number of alkyl halides is 3. The summed E-state index contributed by atoms with van der Waals surface area (Å²) < 4.78 is 36.9. The van der Waals surface area contributed by atoms with Crippen LogP contribution in [0, 0.1) is 0 Å². The maximum absolute atomic E-state index is 12.4. The molecule has 0 radical (unpaired) electrons. The average molecular weight is 399 g/mol. The van der Waals surface area contributed by atoms with Gasteiger partial charge in [0.1, 0.15) is 0 Å². The van der Waals surface area contributed by atoms with Crippen molar-refractivity contribution in [3.63, 3.8) is 0 Å². The van der Waals surface area contributed by atoms with Crippen LogP contribution in [0.1, 0.15) is 43.9 Å². The number of amides is 1. The molecule has 1 aromatic heterocycles. The van der Waals surface area contributed by atoms with Crippen molar-refractivity contribution in [2.45, 2.75) is 51.6 Å². The highest BCUT2D eigenvalue weighted by atomic mass is 19.4. The van der Waals surface area contributed by atoms with E-state index in [0.29, 0.717) is 31.4 Å². The summed E-state index contributed by atoms with van der Waals surface area (Å²) in [4.78, 5) is 31.8. The Morgan fingerprint density at radius 3 is 2.57 bits per heavy atom. The Morgan fingerprint density at radius 1 is 1.21 bits per heavy atom. The number of ketones is 1. The fourth-order valence-electron chi connectivity index (χ4n) is 3.13. The lowest BCUT2D eigenvalue weighted by Gasteiger charge is -2.33. The quantitative estimate of drug-likeness (QED) is 0.574. The molecule has 1 saturated heterocycles. The fourth-order valence-corrected chi connectivity index (χ4v) is 3.13. The van der Waals surface area contributed by atoms with E-state index in [2.05, 4.69) is 9.88 Å². The van der Waals surface area contributed by atoms with Crippen LogP contribution in [0.25, 0.3) is 0 Å². The van der Waals surface area contributed by atoms with Gasteiger partial charge in [0.05, 0.1) is 0 Å². The van der Waals surface area contributed by atoms with Gasteiger partial charge in [0.15, 0.2) is 0 Å². The first-order chi connectivity index (χ1) is 13.3. The number of aryl methyl sites for hydroxylation is 2. The van der Waals surface area contributed by atoms with Crippen molar-refractivity contribution in [3.8, 4) is 0 Å². The molecule has 1 aromatic rings. The van der Waals surface area contributed by atoms with Crippen molar-refractivity contribution in [3.05, 3.63) is 29.6 Å². The summed E-state index contributed by atoms with van der Waals surface area (Å²) in [5.41, 5.74) is 1.38. The van der Waals surface area contributed by atoms with E-state index in [1.807, 2.05) is 11.8 Å². The van der Waals surface area contributed by atoms with Crippen LogP contribution in [0.15, 0.2) is 18.3 Å². The van der Waals surface area contributed by atoms with Crippen LogP contribution in [0.4, 0.5) is 13.2 Å². The zero-order chi connectivity index (χ0) is 20.6. The zero-order valence-corrected chi connectivity index (χ0v) is 16.3. The van der Waals surface area contributed by atoms with Gasteiger partial charge in [-0.25, -0.2) is 0 Å². The zero-order valence-electron chi connectivity index (χ0n) is 16.3. The molecule has 0 unspecified atom stereocenters. The smallest absolute Gasteiger partial charge is 0.342 e. The molecule has 0 spiro atoms. The molecule has 0 aliphatic carbocycles. The summed E-state index contributed by atoms with van der Waals surface area (Å²) in [7, 11) is 0. The maximum Gasteiger partial charge on any atom is 0.449 e. The normalized spacial score (nSPS) is 14.6. The molecule has 1 aliphatic heterocycles. The van der Waals surface area contributed by atoms with Crippen molar-refractivity contribution in [1.82, 2.24) is 14.8 Å². The standard InChI is InChI=1S/C20H28F3N3O2/c1-2-26(14-13-25-11-4-12-25)19(28)6-3-5-17-15-16(9-10-24-17)7-8-18(27)20(21,22)23/h9-10,15H,2-8,11-14H2,1H3. The highest BCUT2D eigenvalue weighted by molar-refractivity contribution is 5.84. The van der Waals surface area contributed by atoms with Gasteiger partial charge in [0, 0.05) is 44.4 Å². The lowest BCUT2D eigenvalue weighted by molar-refractivity contribution is -0.171. The molecule has 0 N–H and O–H groups in total. The Kier molecular flexibility index (Phi) is 8.41. The third-order valence-corrected chi connectivity index (χ3v) is 5.03. The van der Waals surface area contributed by atoms with Gasteiger partial charge < -0.3 is 9.80 Å². The molecule has 0 saturated carbocycles. The second kappa shape index (κ2) is 10.5. The predicted octanol–water partition coefficient (Wildman–Crippen LogP) is 3.02. The third kappa shape index (κ3) is 7.22. The van der Waals surface area contributed by atoms with Crippen LogP contribution in [0.2, 0.25) is 0 Å². The van der Waals surface area contributed by atoms with Crippen molar-refractivity contribution >= 4 is 11.7 Å². The molecular weight excluding hydrogens is 371 g/mol. The van der Waals surface area contributed by atoms with Crippen molar-refractivity contribution in [2.75, 3.05) is 32.7 Å². The van der Waals surface area contributed by atoms with E-state index in [1.54, 1.807) is 12.1 Å². The Balaban J connectivity index is 1.74. The lowest BCUT2D eigenvalue weighted by atomic mass is 10.1. The summed E-state index contributed by atoms with van der Waals surface area (Å²) >= 11 is 0. The van der Waals surface area contributed by atoms with Gasteiger partial charge in [-0.2, -0.15) is 13.2 Å². The van der Waals surface area contributed by atoms with Crippen LogP contribution in [-0.2, 0) is 22.4 Å². The molecule has 8 heteroatoms. The molecular formula is C20H28F3N3O2. The van der Waals surface area contributed by atoms with Crippen molar-refractivity contribution < 1.29 is 22.8 Å². The number of hydrogen-bond donors (Lipinski definition) is 0. The molecule has 1 amide bonds. The molecule has 28 heavy (non-hydrogen) atoms. The summed E-state index contributed by atoms with van der Waals surface area (Å²) in [5.74, 6) is -1.59. The minimum Gasteiger partial charge on any atom is -0.342 e. The molecule has 2 rings (SSSR count). The van der Waals surface area contributed by atoms with E-state index in [-0.39, 0.29) is 12.3 Å². The number of rotatable bonds is 11. The van der Waals surface area contributed by atoms with Crippen LogP contribution in [0.5, 0.6) is 0 Å². The summed E-state index contributed by atoms with van der Waals surface area (Å²) in [5, 5.41) is 0. The number of likely N-dealkylation sites (tertiary alicyclic amines) is 1. The highest BCUT2D eigenvalue weighted by Gasteiger charge is 2.37. The van der Waals surface area contributed by atoms with Gasteiger partial charge in [-0.3, -0.25) is 14.6 Å². The Morgan fingerprint density at radius 2 is 1.96 bits per heavy atom. The van der Waals surface area contributed by atoms with E-state index >= 15 is 0 Å². The largest absolute Gasteiger partial charge is 0.449 e. The second-order valence-corrected chi connectivity index (χ2v) is 7.10. The number of likely N-dealkylation sites (N-methyl/N-ethyl adjacent to an activating group) is 1. The van der Waals surface area contributed by atoms with Gasteiger partial charge in [0.25, 0.3) is 0 Å².